The van der Waals surface area contributed by atoms with Gasteiger partial charge in [-0.05, 0) is 26.7 Å². The summed E-state index contributed by atoms with van der Waals surface area (Å²) in [5.41, 5.74) is -0.588. The molecule has 0 saturated heterocycles. The number of Topliss-reactive ketones (excluding diaryl/α,β-unsaturated/α-hetero) is 1. The van der Waals surface area contributed by atoms with Gasteiger partial charge in [-0.2, -0.15) is 4.98 Å². The van der Waals surface area contributed by atoms with E-state index in [1.165, 1.54) is 0 Å². The lowest BCUT2D eigenvalue weighted by Crippen LogP contribution is -2.21. The molecule has 1 saturated carbocycles. The maximum Gasteiger partial charge on any atom is 0.237 e. The first-order valence-electron chi connectivity index (χ1n) is 6.46. The van der Waals surface area contributed by atoms with Gasteiger partial charge in [-0.15, -0.1) is 0 Å². The third-order valence-electron chi connectivity index (χ3n) is 3.59. The quantitative estimate of drug-likeness (QED) is 0.773. The predicted molar refractivity (Wildman–Crippen MR) is 65.2 cm³/mol. The number of carbonyl (C=O) groups is 1. The Morgan fingerprint density at radius 3 is 2.83 bits per heavy atom. The minimum atomic E-state index is -0.588. The van der Waals surface area contributed by atoms with Gasteiger partial charge in [0.15, 0.2) is 0 Å². The van der Waals surface area contributed by atoms with E-state index in [9.17, 15) is 4.79 Å². The monoisotopic (exact) mass is 252 g/mol. The van der Waals surface area contributed by atoms with E-state index in [4.69, 9.17) is 9.26 Å². The van der Waals surface area contributed by atoms with Crippen molar-refractivity contribution in [3.63, 3.8) is 0 Å². The average Bonchev–Trinajstić information content (AvgIpc) is 2.74. The molecule has 0 aliphatic heterocycles. The van der Waals surface area contributed by atoms with Gasteiger partial charge < -0.3 is 9.26 Å². The topological polar surface area (TPSA) is 65.2 Å². The second-order valence-electron chi connectivity index (χ2n) is 5.29. The van der Waals surface area contributed by atoms with E-state index in [-0.39, 0.29) is 11.7 Å². The number of methoxy groups -OCH3 is 1. The van der Waals surface area contributed by atoms with Crippen molar-refractivity contribution in [2.75, 3.05) is 7.11 Å². The molecule has 5 nitrogen and oxygen atoms in total. The van der Waals surface area contributed by atoms with Crippen LogP contribution in [-0.2, 0) is 15.1 Å². The zero-order valence-electron chi connectivity index (χ0n) is 11.2. The van der Waals surface area contributed by atoms with Gasteiger partial charge in [-0.3, -0.25) is 4.79 Å². The highest BCUT2D eigenvalue weighted by molar-refractivity contribution is 5.84. The zero-order chi connectivity index (χ0) is 13.2. The first kappa shape index (κ1) is 13.2. The molecule has 0 amide bonds. The van der Waals surface area contributed by atoms with E-state index in [0.29, 0.717) is 18.1 Å². The molecule has 1 heterocycles. The minimum Gasteiger partial charge on any atom is -0.371 e. The first-order valence-corrected chi connectivity index (χ1v) is 6.46. The van der Waals surface area contributed by atoms with Crippen molar-refractivity contribution in [3.05, 3.63) is 11.7 Å². The second kappa shape index (κ2) is 5.18. The highest BCUT2D eigenvalue weighted by Crippen LogP contribution is 2.29. The van der Waals surface area contributed by atoms with Crippen molar-refractivity contribution in [1.82, 2.24) is 10.1 Å². The molecule has 2 rings (SSSR count). The lowest BCUT2D eigenvalue weighted by molar-refractivity contribution is -0.120. The van der Waals surface area contributed by atoms with E-state index in [1.807, 2.05) is 13.8 Å². The maximum absolute atomic E-state index is 12.0. The SMILES string of the molecule is COC(C)(C)c1noc(C2CCCCCC2=O)n1. The van der Waals surface area contributed by atoms with Gasteiger partial charge in [0.05, 0.1) is 5.92 Å². The van der Waals surface area contributed by atoms with Crippen molar-refractivity contribution >= 4 is 5.78 Å². The fourth-order valence-electron chi connectivity index (χ4n) is 2.13. The molecule has 5 heteroatoms. The van der Waals surface area contributed by atoms with Gasteiger partial charge in [-0.25, -0.2) is 0 Å². The molecule has 1 aromatic rings. The molecular weight excluding hydrogens is 232 g/mol. The number of ether oxygens (including phenoxy) is 1. The average molecular weight is 252 g/mol. The highest BCUT2D eigenvalue weighted by Gasteiger charge is 2.31. The van der Waals surface area contributed by atoms with Gasteiger partial charge in [0.25, 0.3) is 0 Å². The van der Waals surface area contributed by atoms with E-state index in [1.54, 1.807) is 7.11 Å². The first-order chi connectivity index (χ1) is 8.54. The summed E-state index contributed by atoms with van der Waals surface area (Å²) in [6.45, 7) is 3.74. The van der Waals surface area contributed by atoms with Crippen molar-refractivity contribution in [2.45, 2.75) is 57.5 Å². The van der Waals surface area contributed by atoms with Crippen molar-refractivity contribution in [2.24, 2.45) is 0 Å². The number of rotatable bonds is 3. The summed E-state index contributed by atoms with van der Waals surface area (Å²) in [5, 5.41) is 3.94. The Morgan fingerprint density at radius 2 is 2.11 bits per heavy atom. The van der Waals surface area contributed by atoms with Gasteiger partial charge >= 0.3 is 0 Å². The van der Waals surface area contributed by atoms with Crippen LogP contribution in [0.4, 0.5) is 0 Å². The maximum atomic E-state index is 12.0. The number of aromatic nitrogens is 2. The van der Waals surface area contributed by atoms with Gasteiger partial charge in [0.2, 0.25) is 11.7 Å². The predicted octanol–water partition coefficient (Wildman–Crippen LogP) is 2.57. The molecule has 1 aromatic heterocycles. The van der Waals surface area contributed by atoms with E-state index >= 15 is 0 Å². The molecule has 18 heavy (non-hydrogen) atoms. The Hall–Kier alpha value is -1.23. The Labute approximate surface area is 107 Å². The summed E-state index contributed by atoms with van der Waals surface area (Å²) in [5.74, 6) is 0.943. The summed E-state index contributed by atoms with van der Waals surface area (Å²) in [6.07, 6.45) is 4.55. The van der Waals surface area contributed by atoms with Crippen LogP contribution in [0.25, 0.3) is 0 Å². The number of ketones is 1. The number of hydrogen-bond donors (Lipinski definition) is 0. The van der Waals surface area contributed by atoms with Crippen LogP contribution in [0.5, 0.6) is 0 Å². The molecule has 1 aliphatic rings. The Morgan fingerprint density at radius 1 is 1.33 bits per heavy atom. The number of carbonyl (C=O) groups excluding carboxylic acids is 1. The zero-order valence-corrected chi connectivity index (χ0v) is 11.2. The lowest BCUT2D eigenvalue weighted by Gasteiger charge is -2.17. The lowest BCUT2D eigenvalue weighted by atomic mass is 9.99. The molecule has 0 radical (unpaired) electrons. The molecule has 0 spiro atoms. The molecule has 1 fully saturated rings. The Balaban J connectivity index is 2.21. The van der Waals surface area contributed by atoms with Gasteiger partial charge in [0.1, 0.15) is 11.4 Å². The van der Waals surface area contributed by atoms with Crippen LogP contribution in [0, 0.1) is 0 Å². The summed E-state index contributed by atoms with van der Waals surface area (Å²) < 4.78 is 10.6. The molecule has 0 bridgehead atoms. The minimum absolute atomic E-state index is 0.220. The normalized spacial score (nSPS) is 21.9. The van der Waals surface area contributed by atoms with Crippen molar-refractivity contribution in [3.8, 4) is 0 Å². The second-order valence-corrected chi connectivity index (χ2v) is 5.29. The molecular formula is C13H20N2O3. The summed E-state index contributed by atoms with van der Waals surface area (Å²) in [7, 11) is 1.60. The summed E-state index contributed by atoms with van der Waals surface area (Å²) in [4.78, 5) is 16.3. The third-order valence-corrected chi connectivity index (χ3v) is 3.59. The third kappa shape index (κ3) is 2.61. The fraction of sp³-hybridized carbons (Fsp3) is 0.769. The van der Waals surface area contributed by atoms with Crippen LogP contribution in [-0.4, -0.2) is 23.0 Å². The van der Waals surface area contributed by atoms with E-state index in [2.05, 4.69) is 10.1 Å². The van der Waals surface area contributed by atoms with Crippen LogP contribution in [0.3, 0.4) is 0 Å². The Kier molecular flexibility index (Phi) is 3.80. The number of nitrogens with zero attached hydrogens (tertiary/aromatic N) is 2. The van der Waals surface area contributed by atoms with E-state index < -0.39 is 5.60 Å². The summed E-state index contributed by atoms with van der Waals surface area (Å²) in [6, 6.07) is 0. The highest BCUT2D eigenvalue weighted by atomic mass is 16.5. The largest absolute Gasteiger partial charge is 0.371 e. The standard InChI is InChI=1S/C13H20N2O3/c1-13(2,17-3)12-14-11(18-15-12)9-7-5-4-6-8-10(9)16/h9H,4-8H2,1-3H3. The van der Waals surface area contributed by atoms with Crippen LogP contribution in [0.15, 0.2) is 4.52 Å². The van der Waals surface area contributed by atoms with Gasteiger partial charge in [0, 0.05) is 13.5 Å². The van der Waals surface area contributed by atoms with Gasteiger partial charge in [-0.1, -0.05) is 18.0 Å². The molecule has 0 aromatic carbocycles. The van der Waals surface area contributed by atoms with Crippen LogP contribution < -0.4 is 0 Å². The van der Waals surface area contributed by atoms with Crippen molar-refractivity contribution in [1.29, 1.82) is 0 Å². The molecule has 100 valence electrons. The fourth-order valence-corrected chi connectivity index (χ4v) is 2.13. The van der Waals surface area contributed by atoms with Crippen LogP contribution >= 0.6 is 0 Å². The van der Waals surface area contributed by atoms with Crippen molar-refractivity contribution < 1.29 is 14.1 Å². The van der Waals surface area contributed by atoms with Crippen LogP contribution in [0.2, 0.25) is 0 Å². The molecule has 1 atom stereocenters. The van der Waals surface area contributed by atoms with Crippen LogP contribution in [0.1, 0.15) is 63.6 Å². The summed E-state index contributed by atoms with van der Waals surface area (Å²) >= 11 is 0. The molecule has 1 unspecified atom stereocenters. The smallest absolute Gasteiger partial charge is 0.237 e. The van der Waals surface area contributed by atoms with E-state index in [0.717, 1.165) is 25.7 Å². The molecule has 0 N–H and O–H groups in total. The Bertz CT molecular complexity index is 426. The molecule has 1 aliphatic carbocycles. The number of hydrogen-bond acceptors (Lipinski definition) is 5.